The molecule has 1 amide bonds. The molecule has 2 rings (SSSR count). The average molecular weight is 408 g/mol. The number of alkyl halides is 3. The van der Waals surface area contributed by atoms with Gasteiger partial charge in [0.15, 0.2) is 0 Å². The van der Waals surface area contributed by atoms with Crippen molar-refractivity contribution in [2.45, 2.75) is 31.9 Å². The Labute approximate surface area is 160 Å². The van der Waals surface area contributed by atoms with Crippen LogP contribution in [0.1, 0.15) is 31.2 Å². The topological polar surface area (TPSA) is 71.5 Å². The highest BCUT2D eigenvalue weighted by Crippen LogP contribution is 2.34. The Hall–Kier alpha value is -2.03. The highest BCUT2D eigenvalue weighted by atomic mass is 35.5. The second-order valence-corrected chi connectivity index (χ2v) is 6.67. The van der Waals surface area contributed by atoms with Gasteiger partial charge in [0.1, 0.15) is 5.82 Å². The fraction of sp³-hybridized carbons (Fsp3) is 0.588. The van der Waals surface area contributed by atoms with Crippen LogP contribution in [0.15, 0.2) is 12.3 Å². The minimum Gasteiger partial charge on any atom is -0.469 e. The van der Waals surface area contributed by atoms with Crippen molar-refractivity contribution >= 4 is 29.3 Å². The van der Waals surface area contributed by atoms with Gasteiger partial charge in [-0.3, -0.25) is 9.59 Å². The number of piperidine rings is 1. The van der Waals surface area contributed by atoms with Crippen LogP contribution >= 0.6 is 11.6 Å². The molecule has 2 heterocycles. The largest absolute Gasteiger partial charge is 0.469 e. The molecule has 27 heavy (non-hydrogen) atoms. The number of esters is 1. The van der Waals surface area contributed by atoms with E-state index >= 15 is 0 Å². The van der Waals surface area contributed by atoms with Crippen molar-refractivity contribution in [1.29, 1.82) is 0 Å². The lowest BCUT2D eigenvalue weighted by molar-refractivity contribution is -0.141. The first-order valence-electron chi connectivity index (χ1n) is 8.54. The second-order valence-electron chi connectivity index (χ2n) is 6.26. The molecule has 0 bridgehead atoms. The maximum Gasteiger partial charge on any atom is 0.417 e. The van der Waals surface area contributed by atoms with Gasteiger partial charge in [-0.2, -0.15) is 13.2 Å². The number of rotatable bonds is 6. The maximum atomic E-state index is 12.7. The van der Waals surface area contributed by atoms with Gasteiger partial charge in [-0.05, 0) is 25.3 Å². The number of hydrogen-bond acceptors (Lipinski definition) is 5. The van der Waals surface area contributed by atoms with Gasteiger partial charge < -0.3 is 15.0 Å². The summed E-state index contributed by atoms with van der Waals surface area (Å²) in [5.74, 6) is -0.307. The lowest BCUT2D eigenvalue weighted by Gasteiger charge is -2.32. The number of ether oxygens (including phenoxy) is 1. The smallest absolute Gasteiger partial charge is 0.417 e. The summed E-state index contributed by atoms with van der Waals surface area (Å²) in [5, 5.41) is 2.73. The maximum absolute atomic E-state index is 12.7. The van der Waals surface area contributed by atoms with Gasteiger partial charge in [-0.25, -0.2) is 4.98 Å². The lowest BCUT2D eigenvalue weighted by Crippen LogP contribution is -2.41. The number of halogens is 4. The molecule has 150 valence electrons. The van der Waals surface area contributed by atoms with Crippen LogP contribution in [0.5, 0.6) is 0 Å². The van der Waals surface area contributed by atoms with Crippen molar-refractivity contribution in [1.82, 2.24) is 10.3 Å². The Bertz CT molecular complexity index is 677. The fourth-order valence-electron chi connectivity index (χ4n) is 2.86. The molecular weight excluding hydrogens is 387 g/mol. The predicted octanol–water partition coefficient (Wildman–Crippen LogP) is 3.04. The number of amides is 1. The zero-order valence-corrected chi connectivity index (χ0v) is 15.6. The lowest BCUT2D eigenvalue weighted by atomic mass is 9.96. The number of nitrogens with one attached hydrogen (secondary N) is 1. The number of aromatic nitrogens is 1. The van der Waals surface area contributed by atoms with Crippen molar-refractivity contribution < 1.29 is 27.5 Å². The first-order chi connectivity index (χ1) is 12.7. The van der Waals surface area contributed by atoms with E-state index in [0.29, 0.717) is 44.7 Å². The molecule has 0 radical (unpaired) electrons. The van der Waals surface area contributed by atoms with E-state index in [1.54, 1.807) is 4.90 Å². The molecule has 0 atom stereocenters. The van der Waals surface area contributed by atoms with Crippen molar-refractivity contribution in [3.63, 3.8) is 0 Å². The standard InChI is InChI=1S/C17H21ClF3N3O3/c1-27-14(25)3-2-6-22-16(26)11-4-7-24(8-5-11)15-13(18)9-12(10-23-15)17(19,20)21/h9-11H,2-8H2,1H3,(H,22,26). The Balaban J connectivity index is 1.83. The van der Waals surface area contributed by atoms with Gasteiger partial charge in [-0.15, -0.1) is 0 Å². The van der Waals surface area contributed by atoms with Gasteiger partial charge in [-0.1, -0.05) is 11.6 Å². The summed E-state index contributed by atoms with van der Waals surface area (Å²) >= 11 is 5.97. The van der Waals surface area contributed by atoms with E-state index in [4.69, 9.17) is 11.6 Å². The van der Waals surface area contributed by atoms with Crippen molar-refractivity contribution in [3.8, 4) is 0 Å². The monoisotopic (exact) mass is 407 g/mol. The van der Waals surface area contributed by atoms with Crippen molar-refractivity contribution in [3.05, 3.63) is 22.8 Å². The molecule has 6 nitrogen and oxygen atoms in total. The van der Waals surface area contributed by atoms with E-state index in [1.165, 1.54) is 7.11 Å². The minimum absolute atomic E-state index is 0.0597. The zero-order chi connectivity index (χ0) is 20.0. The summed E-state index contributed by atoms with van der Waals surface area (Å²) in [7, 11) is 1.31. The van der Waals surface area contributed by atoms with Crippen LogP contribution in [0.4, 0.5) is 19.0 Å². The van der Waals surface area contributed by atoms with Crippen LogP contribution in [0, 0.1) is 5.92 Å². The molecule has 0 saturated carbocycles. The van der Waals surface area contributed by atoms with Crippen LogP contribution in [0.25, 0.3) is 0 Å². The number of carbonyl (C=O) groups is 2. The summed E-state index contributed by atoms with van der Waals surface area (Å²) in [6.45, 7) is 1.33. The summed E-state index contributed by atoms with van der Waals surface area (Å²) in [6, 6.07) is 0.865. The van der Waals surface area contributed by atoms with Crippen molar-refractivity contribution in [2.24, 2.45) is 5.92 Å². The van der Waals surface area contributed by atoms with E-state index in [2.05, 4.69) is 15.0 Å². The molecular formula is C17H21ClF3N3O3. The first kappa shape index (κ1) is 21.3. The Morgan fingerprint density at radius 1 is 1.37 bits per heavy atom. The average Bonchev–Trinajstić information content (AvgIpc) is 2.64. The molecule has 0 aliphatic carbocycles. The summed E-state index contributed by atoms with van der Waals surface area (Å²) in [6.07, 6.45) is -1.89. The van der Waals surface area contributed by atoms with Crippen LogP contribution in [-0.4, -0.2) is 43.6 Å². The Morgan fingerprint density at radius 2 is 2.04 bits per heavy atom. The number of nitrogens with zero attached hydrogens (tertiary/aromatic N) is 2. The number of anilines is 1. The van der Waals surface area contributed by atoms with Gasteiger partial charge in [0, 0.05) is 38.2 Å². The SMILES string of the molecule is COC(=O)CCCNC(=O)C1CCN(c2ncc(C(F)(F)F)cc2Cl)CC1. The molecule has 1 aromatic heterocycles. The van der Waals surface area contributed by atoms with Crippen LogP contribution < -0.4 is 10.2 Å². The number of carbonyl (C=O) groups excluding carboxylic acids is 2. The quantitative estimate of drug-likeness (QED) is 0.579. The first-order valence-corrected chi connectivity index (χ1v) is 8.92. The minimum atomic E-state index is -4.49. The zero-order valence-electron chi connectivity index (χ0n) is 14.8. The molecule has 1 aliphatic heterocycles. The van der Waals surface area contributed by atoms with Crippen LogP contribution in [0.2, 0.25) is 5.02 Å². The van der Waals surface area contributed by atoms with Gasteiger partial charge in [0.05, 0.1) is 17.7 Å². The molecule has 1 aliphatic rings. The third kappa shape index (κ3) is 5.98. The molecule has 1 saturated heterocycles. The number of methoxy groups -OCH3 is 1. The van der Waals surface area contributed by atoms with Gasteiger partial charge in [0.25, 0.3) is 0 Å². The molecule has 10 heteroatoms. The van der Waals surface area contributed by atoms with E-state index in [9.17, 15) is 22.8 Å². The normalized spacial score (nSPS) is 15.5. The second kappa shape index (κ2) is 9.25. The molecule has 1 fully saturated rings. The highest BCUT2D eigenvalue weighted by Gasteiger charge is 2.33. The van der Waals surface area contributed by atoms with Crippen LogP contribution in [-0.2, 0) is 20.5 Å². The van der Waals surface area contributed by atoms with E-state index in [1.807, 2.05) is 0 Å². The van der Waals surface area contributed by atoms with Crippen LogP contribution in [0.3, 0.4) is 0 Å². The Kier molecular flexibility index (Phi) is 7.29. The highest BCUT2D eigenvalue weighted by molar-refractivity contribution is 6.33. The molecule has 0 unspecified atom stereocenters. The fourth-order valence-corrected chi connectivity index (χ4v) is 3.15. The molecule has 1 aromatic rings. The van der Waals surface area contributed by atoms with Crippen molar-refractivity contribution in [2.75, 3.05) is 31.6 Å². The van der Waals surface area contributed by atoms with E-state index < -0.39 is 11.7 Å². The molecule has 1 N–H and O–H groups in total. The van der Waals surface area contributed by atoms with E-state index in [0.717, 1.165) is 12.3 Å². The van der Waals surface area contributed by atoms with Gasteiger partial charge >= 0.3 is 12.1 Å². The summed E-state index contributed by atoms with van der Waals surface area (Å²) in [4.78, 5) is 28.8. The summed E-state index contributed by atoms with van der Waals surface area (Å²) in [5.41, 5.74) is -0.891. The third-order valence-electron chi connectivity index (χ3n) is 4.40. The Morgan fingerprint density at radius 3 is 2.59 bits per heavy atom. The molecule has 0 aromatic carbocycles. The summed E-state index contributed by atoms with van der Waals surface area (Å²) < 4.78 is 42.6. The van der Waals surface area contributed by atoms with Gasteiger partial charge in [0.2, 0.25) is 5.91 Å². The predicted molar refractivity (Wildman–Crippen MR) is 93.4 cm³/mol. The third-order valence-corrected chi connectivity index (χ3v) is 4.68. The number of pyridine rings is 1. The van der Waals surface area contributed by atoms with E-state index in [-0.39, 0.29) is 29.2 Å². The number of hydrogen-bond donors (Lipinski definition) is 1. The molecule has 0 spiro atoms.